The molecule has 0 saturated heterocycles. The second-order valence-corrected chi connectivity index (χ2v) is 11.1. The predicted octanol–water partition coefficient (Wildman–Crippen LogP) is 4.09. The van der Waals surface area contributed by atoms with Gasteiger partial charge in [-0.05, 0) is 66.5 Å². The van der Waals surface area contributed by atoms with E-state index in [0.29, 0.717) is 43.0 Å². The van der Waals surface area contributed by atoms with Crippen LogP contribution in [0.25, 0.3) is 17.0 Å². The molecule has 0 amide bonds. The second-order valence-electron chi connectivity index (χ2n) is 9.23. The lowest BCUT2D eigenvalue weighted by Crippen LogP contribution is -2.39. The summed E-state index contributed by atoms with van der Waals surface area (Å²) >= 11 is 4.77. The first-order chi connectivity index (χ1) is 19.8. The van der Waals surface area contributed by atoms with E-state index in [-0.39, 0.29) is 24.7 Å². The molecule has 3 heterocycles. The zero-order valence-corrected chi connectivity index (χ0v) is 25.4. The first-order valence-electron chi connectivity index (χ1n) is 13.0. The molecule has 41 heavy (non-hydrogen) atoms. The van der Waals surface area contributed by atoms with Crippen molar-refractivity contribution < 1.29 is 23.8 Å². The Bertz CT molecular complexity index is 1880. The molecule has 0 aliphatic carbocycles. The third-order valence-corrected chi connectivity index (χ3v) is 8.32. The molecule has 0 N–H and O–H groups in total. The van der Waals surface area contributed by atoms with Crippen molar-refractivity contribution in [2.24, 2.45) is 4.99 Å². The highest BCUT2D eigenvalue weighted by atomic mass is 79.9. The highest BCUT2D eigenvalue weighted by molar-refractivity contribution is 9.10. The third-order valence-electron chi connectivity index (χ3n) is 6.72. The van der Waals surface area contributed by atoms with Crippen molar-refractivity contribution >= 4 is 56.2 Å². The minimum atomic E-state index is -0.750. The average molecular weight is 639 g/mol. The lowest BCUT2D eigenvalue weighted by molar-refractivity contribution is -0.143. The molecule has 2 aromatic carbocycles. The van der Waals surface area contributed by atoms with Crippen LogP contribution < -0.4 is 19.6 Å². The van der Waals surface area contributed by atoms with Crippen molar-refractivity contribution in [3.8, 4) is 5.75 Å². The fourth-order valence-corrected chi connectivity index (χ4v) is 6.56. The standard InChI is InChI=1S/C30H28BrN3O6S/c1-5-39-25(35)16-33-15-19(20-9-7-8-10-22(20)33)14-24-28(36)34-27(18-11-12-23(38-4)21(31)13-18)26(29(37)40-6-2)17(3)32-30(34)41-24/h7-15,27H,5-6,16H2,1-4H3/b24-14+/t27-/m1/s1. The molecule has 0 saturated carbocycles. The minimum absolute atomic E-state index is 0.0535. The quantitative estimate of drug-likeness (QED) is 0.270. The van der Waals surface area contributed by atoms with Crippen LogP contribution in [0.2, 0.25) is 0 Å². The summed E-state index contributed by atoms with van der Waals surface area (Å²) in [6, 6.07) is 12.4. The molecule has 0 fully saturated rings. The highest BCUT2D eigenvalue weighted by Gasteiger charge is 2.33. The highest BCUT2D eigenvalue weighted by Crippen LogP contribution is 2.35. The van der Waals surface area contributed by atoms with Crippen molar-refractivity contribution in [3.63, 3.8) is 0 Å². The van der Waals surface area contributed by atoms with Crippen LogP contribution in [0.4, 0.5) is 0 Å². The average Bonchev–Trinajstić information content (AvgIpc) is 3.44. The molecular formula is C30H28BrN3O6S. The number of carbonyl (C=O) groups excluding carboxylic acids is 2. The Labute approximate surface area is 248 Å². The number of allylic oxidation sites excluding steroid dienone is 1. The van der Waals surface area contributed by atoms with Gasteiger partial charge in [0.25, 0.3) is 5.56 Å². The van der Waals surface area contributed by atoms with Gasteiger partial charge in [0.15, 0.2) is 4.80 Å². The largest absolute Gasteiger partial charge is 0.496 e. The van der Waals surface area contributed by atoms with Gasteiger partial charge >= 0.3 is 11.9 Å². The van der Waals surface area contributed by atoms with Gasteiger partial charge in [0.05, 0.1) is 46.6 Å². The maximum atomic E-state index is 14.0. The molecule has 1 aliphatic heterocycles. The van der Waals surface area contributed by atoms with E-state index in [1.54, 1.807) is 44.6 Å². The molecule has 0 radical (unpaired) electrons. The van der Waals surface area contributed by atoms with Gasteiger partial charge in [0.1, 0.15) is 12.3 Å². The van der Waals surface area contributed by atoms with E-state index in [4.69, 9.17) is 14.2 Å². The summed E-state index contributed by atoms with van der Waals surface area (Å²) in [5.41, 5.74) is 2.82. The van der Waals surface area contributed by atoms with Crippen molar-refractivity contribution in [1.82, 2.24) is 9.13 Å². The van der Waals surface area contributed by atoms with Gasteiger partial charge in [-0.1, -0.05) is 35.6 Å². The number of para-hydroxylation sites is 1. The molecule has 0 spiro atoms. The maximum absolute atomic E-state index is 14.0. The van der Waals surface area contributed by atoms with Crippen LogP contribution in [0.3, 0.4) is 0 Å². The van der Waals surface area contributed by atoms with Gasteiger partial charge in [-0.25, -0.2) is 9.79 Å². The maximum Gasteiger partial charge on any atom is 0.338 e. The molecule has 11 heteroatoms. The zero-order chi connectivity index (χ0) is 29.3. The zero-order valence-electron chi connectivity index (χ0n) is 23.0. The van der Waals surface area contributed by atoms with Crippen molar-refractivity contribution in [3.05, 3.63) is 95.2 Å². The monoisotopic (exact) mass is 637 g/mol. The van der Waals surface area contributed by atoms with E-state index in [1.165, 1.54) is 11.3 Å². The van der Waals surface area contributed by atoms with Crippen LogP contribution in [-0.2, 0) is 25.6 Å². The van der Waals surface area contributed by atoms with E-state index in [1.807, 2.05) is 47.2 Å². The number of esters is 2. The number of hydrogen-bond acceptors (Lipinski definition) is 8. The van der Waals surface area contributed by atoms with Crippen LogP contribution in [0.15, 0.2) is 74.2 Å². The topological polar surface area (TPSA) is 101 Å². The Balaban J connectivity index is 1.70. The fourth-order valence-electron chi connectivity index (χ4n) is 4.97. The van der Waals surface area contributed by atoms with Gasteiger partial charge in [-0.2, -0.15) is 0 Å². The van der Waals surface area contributed by atoms with Gasteiger partial charge < -0.3 is 18.8 Å². The number of halogens is 1. The Kier molecular flexibility index (Phi) is 8.27. The number of ether oxygens (including phenoxy) is 3. The summed E-state index contributed by atoms with van der Waals surface area (Å²) in [5, 5.41) is 0.890. The normalized spacial score (nSPS) is 15.0. The molecule has 0 bridgehead atoms. The van der Waals surface area contributed by atoms with Crippen molar-refractivity contribution in [1.29, 1.82) is 0 Å². The number of thiazole rings is 1. The van der Waals surface area contributed by atoms with E-state index < -0.39 is 12.0 Å². The molecule has 4 aromatic rings. The molecule has 5 rings (SSSR count). The second kappa shape index (κ2) is 11.9. The summed E-state index contributed by atoms with van der Waals surface area (Å²) in [7, 11) is 1.57. The summed E-state index contributed by atoms with van der Waals surface area (Å²) < 4.78 is 20.4. The van der Waals surface area contributed by atoms with E-state index in [2.05, 4.69) is 20.9 Å². The van der Waals surface area contributed by atoms with Gasteiger partial charge in [0.2, 0.25) is 0 Å². The van der Waals surface area contributed by atoms with Gasteiger partial charge in [-0.3, -0.25) is 14.2 Å². The molecule has 0 unspecified atom stereocenters. The van der Waals surface area contributed by atoms with Crippen molar-refractivity contribution in [2.75, 3.05) is 20.3 Å². The number of fused-ring (bicyclic) bond motifs is 2. The number of carbonyl (C=O) groups is 2. The van der Waals surface area contributed by atoms with Crippen LogP contribution in [0, 0.1) is 0 Å². The first kappa shape index (κ1) is 28.6. The Hall–Kier alpha value is -3.96. The number of aromatic nitrogens is 2. The van der Waals surface area contributed by atoms with Gasteiger partial charge in [0, 0.05) is 22.7 Å². The van der Waals surface area contributed by atoms with E-state index >= 15 is 0 Å². The molecule has 2 aromatic heterocycles. The van der Waals surface area contributed by atoms with E-state index in [0.717, 1.165) is 16.5 Å². The third kappa shape index (κ3) is 5.39. The smallest absolute Gasteiger partial charge is 0.338 e. The minimum Gasteiger partial charge on any atom is -0.496 e. The van der Waals surface area contributed by atoms with E-state index in [9.17, 15) is 14.4 Å². The Morgan fingerprint density at radius 2 is 1.88 bits per heavy atom. The van der Waals surface area contributed by atoms with Crippen LogP contribution in [0.5, 0.6) is 5.75 Å². The number of methoxy groups -OCH3 is 1. The van der Waals surface area contributed by atoms with Crippen LogP contribution in [0.1, 0.15) is 37.9 Å². The first-order valence-corrected chi connectivity index (χ1v) is 14.6. The number of benzene rings is 2. The number of nitrogens with zero attached hydrogens (tertiary/aromatic N) is 3. The fraction of sp³-hybridized carbons (Fsp3) is 0.267. The summed E-state index contributed by atoms with van der Waals surface area (Å²) in [5.74, 6) is -0.243. The lowest BCUT2D eigenvalue weighted by Gasteiger charge is -2.25. The molecular weight excluding hydrogens is 610 g/mol. The van der Waals surface area contributed by atoms with Crippen LogP contribution >= 0.6 is 27.3 Å². The van der Waals surface area contributed by atoms with Crippen molar-refractivity contribution in [2.45, 2.75) is 33.4 Å². The number of rotatable bonds is 8. The molecule has 9 nitrogen and oxygen atoms in total. The molecule has 1 atom stereocenters. The number of hydrogen-bond donors (Lipinski definition) is 0. The molecule has 1 aliphatic rings. The summed E-state index contributed by atoms with van der Waals surface area (Å²) in [6.45, 7) is 5.79. The Morgan fingerprint density at radius 3 is 2.59 bits per heavy atom. The molecule has 212 valence electrons. The predicted molar refractivity (Wildman–Crippen MR) is 160 cm³/mol. The summed E-state index contributed by atoms with van der Waals surface area (Å²) in [6.07, 6.45) is 3.64. The van der Waals surface area contributed by atoms with Gasteiger partial charge in [-0.15, -0.1) is 0 Å². The Morgan fingerprint density at radius 1 is 1.12 bits per heavy atom. The lowest BCUT2D eigenvalue weighted by atomic mass is 9.96. The van der Waals surface area contributed by atoms with Crippen LogP contribution in [-0.4, -0.2) is 41.4 Å². The SMILES string of the molecule is CCOC(=O)Cn1cc(/C=c2/sc3n(c2=O)[C@H](c2ccc(OC)c(Br)c2)C(C(=O)OCC)=C(C)N=3)c2ccccc21. The summed E-state index contributed by atoms with van der Waals surface area (Å²) in [4.78, 5) is 44.6.